The number of thioether (sulfide) groups is 1. The zero-order valence-electron chi connectivity index (χ0n) is 15.8. The summed E-state index contributed by atoms with van der Waals surface area (Å²) in [5.41, 5.74) is 2.54. The molecule has 0 bridgehead atoms. The molecule has 2 aromatic heterocycles. The largest absolute Gasteiger partial charge is 0.457 e. The first kappa shape index (κ1) is 18.8. The van der Waals surface area contributed by atoms with Crippen LogP contribution in [0.5, 0.6) is 11.5 Å². The van der Waals surface area contributed by atoms with Crippen LogP contribution in [0.3, 0.4) is 0 Å². The van der Waals surface area contributed by atoms with Gasteiger partial charge >= 0.3 is 0 Å². The molecule has 2 N–H and O–H groups in total. The van der Waals surface area contributed by atoms with Crippen molar-refractivity contribution >= 4 is 28.4 Å². The number of aromatic amines is 1. The van der Waals surface area contributed by atoms with Gasteiger partial charge in [-0.05, 0) is 48.0 Å². The number of ether oxygens (including phenoxy) is 1. The average molecular weight is 419 g/mol. The lowest BCUT2D eigenvalue weighted by Gasteiger charge is -2.12. The first-order chi connectivity index (χ1) is 14.7. The maximum atomic E-state index is 13.1. The van der Waals surface area contributed by atoms with Crippen molar-refractivity contribution in [1.29, 1.82) is 0 Å². The fourth-order valence-corrected chi connectivity index (χ4v) is 4.77. The van der Waals surface area contributed by atoms with E-state index in [-0.39, 0.29) is 23.0 Å². The van der Waals surface area contributed by atoms with Gasteiger partial charge in [-0.15, -0.1) is 11.8 Å². The van der Waals surface area contributed by atoms with Crippen molar-refractivity contribution in [2.75, 3.05) is 5.75 Å². The van der Waals surface area contributed by atoms with E-state index in [2.05, 4.69) is 15.3 Å². The molecular weight excluding hydrogens is 401 g/mol. The number of pyridine rings is 1. The fourth-order valence-electron chi connectivity index (χ4n) is 3.55. The maximum Gasteiger partial charge on any atom is 0.182 e. The summed E-state index contributed by atoms with van der Waals surface area (Å²) in [6.07, 6.45) is 5.32. The Hall–Kier alpha value is -3.16. The fraction of sp³-hybridized carbons (Fsp3) is 0.130. The zero-order chi connectivity index (χ0) is 20.5. The summed E-state index contributed by atoms with van der Waals surface area (Å²) in [5.74, 6) is 1.62. The van der Waals surface area contributed by atoms with E-state index in [0.29, 0.717) is 22.8 Å². The molecule has 30 heavy (non-hydrogen) atoms. The molecule has 3 heterocycles. The van der Waals surface area contributed by atoms with E-state index in [4.69, 9.17) is 4.74 Å². The molecule has 0 aliphatic carbocycles. The molecule has 1 fully saturated rings. The number of carbonyl (C=O) groups is 1. The van der Waals surface area contributed by atoms with Crippen LogP contribution in [0.15, 0.2) is 73.2 Å². The van der Waals surface area contributed by atoms with Gasteiger partial charge in [-0.3, -0.25) is 15.1 Å². The Labute approximate surface area is 176 Å². The third-order valence-corrected chi connectivity index (χ3v) is 6.32. The van der Waals surface area contributed by atoms with E-state index in [1.807, 2.05) is 36.5 Å². The predicted octanol–water partition coefficient (Wildman–Crippen LogP) is 5.08. The highest BCUT2D eigenvalue weighted by Crippen LogP contribution is 2.34. The number of nitrogens with zero attached hydrogens (tertiary/aromatic N) is 1. The monoisotopic (exact) mass is 419 g/mol. The van der Waals surface area contributed by atoms with E-state index < -0.39 is 0 Å². The minimum absolute atomic E-state index is 0.0624. The van der Waals surface area contributed by atoms with Crippen LogP contribution < -0.4 is 10.1 Å². The van der Waals surface area contributed by atoms with Crippen LogP contribution in [0.1, 0.15) is 21.3 Å². The summed E-state index contributed by atoms with van der Waals surface area (Å²) in [6.45, 7) is 0. The summed E-state index contributed by atoms with van der Waals surface area (Å²) in [6, 6.07) is 15.0. The standard InChI is InChI=1S/C23H18FN3O2S/c24-15-3-5-16(6-4-15)29-17-7-8-18-19(12-26-20(18)10-17)22(28)21-13-30-23(27-21)14-2-1-9-25-11-14/h1-12,21,23,26-27H,13H2/t21-,23?/m0/s1. The highest BCUT2D eigenvalue weighted by Gasteiger charge is 2.32. The normalized spacial score (nSPS) is 18.6. The van der Waals surface area contributed by atoms with E-state index in [0.717, 1.165) is 16.5 Å². The second kappa shape index (κ2) is 7.93. The molecule has 1 aliphatic heterocycles. The van der Waals surface area contributed by atoms with Crippen LogP contribution in [0.4, 0.5) is 4.39 Å². The average Bonchev–Trinajstić information content (AvgIpc) is 3.43. The first-order valence-electron chi connectivity index (χ1n) is 9.54. The Balaban J connectivity index is 1.33. The topological polar surface area (TPSA) is 67.0 Å². The lowest BCUT2D eigenvalue weighted by atomic mass is 10.0. The van der Waals surface area contributed by atoms with Gasteiger partial charge in [0.25, 0.3) is 0 Å². The Morgan fingerprint density at radius 1 is 1.13 bits per heavy atom. The summed E-state index contributed by atoms with van der Waals surface area (Å²) >= 11 is 1.71. The van der Waals surface area contributed by atoms with Crippen LogP contribution in [-0.4, -0.2) is 27.5 Å². The number of benzene rings is 2. The molecule has 5 nitrogen and oxygen atoms in total. The van der Waals surface area contributed by atoms with Crippen LogP contribution in [0.2, 0.25) is 0 Å². The smallest absolute Gasteiger partial charge is 0.182 e. The molecule has 7 heteroatoms. The SMILES string of the molecule is O=C(c1c[nH]c2cc(Oc3ccc(F)cc3)ccc12)[C@@H]1CSC(c2cccnc2)N1. The lowest BCUT2D eigenvalue weighted by molar-refractivity contribution is 0.0957. The number of halogens is 1. The zero-order valence-corrected chi connectivity index (χ0v) is 16.7. The van der Waals surface area contributed by atoms with E-state index in [1.165, 1.54) is 12.1 Å². The molecule has 150 valence electrons. The van der Waals surface area contributed by atoms with Gasteiger partial charge in [0.2, 0.25) is 0 Å². The highest BCUT2D eigenvalue weighted by molar-refractivity contribution is 7.99. The first-order valence-corrected chi connectivity index (χ1v) is 10.6. The number of H-pyrrole nitrogens is 1. The summed E-state index contributed by atoms with van der Waals surface area (Å²) in [5, 5.41) is 4.33. The predicted molar refractivity (Wildman–Crippen MR) is 115 cm³/mol. The van der Waals surface area contributed by atoms with Gasteiger partial charge in [-0.1, -0.05) is 6.07 Å². The second-order valence-corrected chi connectivity index (χ2v) is 8.19. The number of hydrogen-bond acceptors (Lipinski definition) is 5. The molecular formula is C23H18FN3O2S. The van der Waals surface area contributed by atoms with E-state index >= 15 is 0 Å². The van der Waals surface area contributed by atoms with Crippen LogP contribution in [0.25, 0.3) is 10.9 Å². The van der Waals surface area contributed by atoms with Crippen molar-refractivity contribution < 1.29 is 13.9 Å². The van der Waals surface area contributed by atoms with Gasteiger partial charge < -0.3 is 9.72 Å². The number of ketones is 1. The van der Waals surface area contributed by atoms with Crippen molar-refractivity contribution in [3.05, 3.63) is 90.1 Å². The molecule has 4 aromatic rings. The van der Waals surface area contributed by atoms with Gasteiger partial charge in [0.1, 0.15) is 17.3 Å². The van der Waals surface area contributed by atoms with Gasteiger partial charge in [-0.25, -0.2) is 4.39 Å². The maximum absolute atomic E-state index is 13.1. The molecule has 1 aliphatic rings. The number of Topliss-reactive ketones (excluding diaryl/α,β-unsaturated/α-hetero) is 1. The van der Waals surface area contributed by atoms with Gasteiger partial charge in [0.05, 0.1) is 11.4 Å². The molecule has 0 amide bonds. The number of hydrogen-bond donors (Lipinski definition) is 2. The Morgan fingerprint density at radius 3 is 2.77 bits per heavy atom. The van der Waals surface area contributed by atoms with Gasteiger partial charge in [-0.2, -0.15) is 0 Å². The summed E-state index contributed by atoms with van der Waals surface area (Å²) in [4.78, 5) is 20.5. The minimum Gasteiger partial charge on any atom is -0.457 e. The highest BCUT2D eigenvalue weighted by atomic mass is 32.2. The number of carbonyl (C=O) groups excluding carboxylic acids is 1. The van der Waals surface area contributed by atoms with Gasteiger partial charge in [0, 0.05) is 46.9 Å². The molecule has 2 aromatic carbocycles. The lowest BCUT2D eigenvalue weighted by Crippen LogP contribution is -2.34. The number of rotatable bonds is 5. The Bertz CT molecular complexity index is 1190. The minimum atomic E-state index is -0.310. The Kier molecular flexibility index (Phi) is 4.98. The van der Waals surface area contributed by atoms with Crippen molar-refractivity contribution in [1.82, 2.24) is 15.3 Å². The van der Waals surface area contributed by atoms with Crippen molar-refractivity contribution in [2.45, 2.75) is 11.4 Å². The summed E-state index contributed by atoms with van der Waals surface area (Å²) < 4.78 is 18.8. The van der Waals surface area contributed by atoms with E-state index in [9.17, 15) is 9.18 Å². The molecule has 5 rings (SSSR count). The third-order valence-electron chi connectivity index (χ3n) is 5.05. The summed E-state index contributed by atoms with van der Waals surface area (Å²) in [7, 11) is 0. The van der Waals surface area contributed by atoms with Crippen LogP contribution >= 0.6 is 11.8 Å². The van der Waals surface area contributed by atoms with Gasteiger partial charge in [0.15, 0.2) is 5.78 Å². The number of fused-ring (bicyclic) bond motifs is 1. The van der Waals surface area contributed by atoms with Crippen molar-refractivity contribution in [2.24, 2.45) is 0 Å². The van der Waals surface area contributed by atoms with E-state index in [1.54, 1.807) is 36.3 Å². The number of aromatic nitrogens is 2. The molecule has 2 atom stereocenters. The van der Waals surface area contributed by atoms with Crippen LogP contribution in [0, 0.1) is 5.82 Å². The second-order valence-electron chi connectivity index (χ2n) is 7.05. The Morgan fingerprint density at radius 2 is 1.97 bits per heavy atom. The molecule has 0 radical (unpaired) electrons. The van der Waals surface area contributed by atoms with Crippen molar-refractivity contribution in [3.63, 3.8) is 0 Å². The third kappa shape index (κ3) is 3.69. The molecule has 1 saturated heterocycles. The molecule has 0 spiro atoms. The molecule has 0 saturated carbocycles. The molecule has 1 unspecified atom stereocenters. The quantitative estimate of drug-likeness (QED) is 0.442. The van der Waals surface area contributed by atoms with Crippen LogP contribution in [-0.2, 0) is 0 Å². The number of nitrogens with one attached hydrogen (secondary N) is 2. The van der Waals surface area contributed by atoms with Crippen molar-refractivity contribution in [3.8, 4) is 11.5 Å².